The Balaban J connectivity index is 1.75. The van der Waals surface area contributed by atoms with Gasteiger partial charge in [0.05, 0.1) is 32.8 Å². The highest BCUT2D eigenvalue weighted by Crippen LogP contribution is 2.18. The molecule has 0 spiro atoms. The van der Waals surface area contributed by atoms with Crippen molar-refractivity contribution in [3.8, 4) is 0 Å². The monoisotopic (exact) mass is 343 g/mol. The van der Waals surface area contributed by atoms with Crippen LogP contribution in [0.5, 0.6) is 0 Å². The summed E-state index contributed by atoms with van der Waals surface area (Å²) < 4.78 is 6.53. The fourth-order valence-electron chi connectivity index (χ4n) is 2.49. The summed E-state index contributed by atoms with van der Waals surface area (Å²) in [6.45, 7) is 5.70. The lowest BCUT2D eigenvalue weighted by Gasteiger charge is -2.08. The summed E-state index contributed by atoms with van der Waals surface area (Å²) in [4.78, 5) is 34.0. The summed E-state index contributed by atoms with van der Waals surface area (Å²) in [5, 5.41) is 1.43. The minimum absolute atomic E-state index is 0.160. The number of hydrogen-bond acceptors (Lipinski definition) is 6. The lowest BCUT2D eigenvalue weighted by molar-refractivity contribution is -0.145. The first-order chi connectivity index (χ1) is 11.5. The molecule has 0 amide bonds. The van der Waals surface area contributed by atoms with Crippen molar-refractivity contribution < 1.29 is 9.53 Å². The smallest absolute Gasteiger partial charge is 0.326 e. The molecule has 6 nitrogen and oxygen atoms in total. The van der Waals surface area contributed by atoms with Gasteiger partial charge in [0.25, 0.3) is 5.56 Å². The molecule has 3 aromatic rings. The number of rotatable bonds is 4. The van der Waals surface area contributed by atoms with Crippen LogP contribution in [0.15, 0.2) is 29.3 Å². The van der Waals surface area contributed by atoms with Gasteiger partial charge in [-0.3, -0.25) is 14.2 Å². The average Bonchev–Trinajstić information content (AvgIpc) is 2.86. The highest BCUT2D eigenvalue weighted by Gasteiger charge is 2.12. The summed E-state index contributed by atoms with van der Waals surface area (Å²) in [6, 6.07) is 5.41. The van der Waals surface area contributed by atoms with Gasteiger partial charge in [-0.1, -0.05) is 12.1 Å². The van der Waals surface area contributed by atoms with Crippen LogP contribution in [0, 0.1) is 20.8 Å². The van der Waals surface area contributed by atoms with Gasteiger partial charge in [0, 0.05) is 0 Å². The van der Waals surface area contributed by atoms with E-state index in [1.54, 1.807) is 12.1 Å². The fourth-order valence-corrected chi connectivity index (χ4v) is 3.34. The molecule has 0 aliphatic heterocycles. The molecule has 0 aliphatic carbocycles. The van der Waals surface area contributed by atoms with Crippen LogP contribution in [0.1, 0.15) is 21.1 Å². The maximum absolute atomic E-state index is 12.5. The summed E-state index contributed by atoms with van der Waals surface area (Å²) in [6.07, 6.45) is 1.39. The lowest BCUT2D eigenvalue weighted by atomic mass is 10.1. The van der Waals surface area contributed by atoms with Crippen LogP contribution in [0.2, 0.25) is 0 Å². The molecule has 0 N–H and O–H groups in total. The number of hydrogen-bond donors (Lipinski definition) is 0. The topological polar surface area (TPSA) is 74.1 Å². The predicted molar refractivity (Wildman–Crippen MR) is 92.1 cm³/mol. The predicted octanol–water partition coefficient (Wildman–Crippen LogP) is 2.52. The molecule has 2 aromatic heterocycles. The molecule has 1 aromatic carbocycles. The van der Waals surface area contributed by atoms with E-state index in [-0.39, 0.29) is 18.7 Å². The van der Waals surface area contributed by atoms with Crippen LogP contribution in [0.4, 0.5) is 0 Å². The number of thiazole rings is 1. The van der Waals surface area contributed by atoms with Crippen LogP contribution in [0.25, 0.3) is 10.9 Å². The zero-order valence-corrected chi connectivity index (χ0v) is 14.5. The summed E-state index contributed by atoms with van der Waals surface area (Å²) in [5.41, 5.74) is 2.20. The van der Waals surface area contributed by atoms with Gasteiger partial charge >= 0.3 is 5.97 Å². The Bertz CT molecular complexity index is 975. The Morgan fingerprint density at radius 3 is 2.79 bits per heavy atom. The third-order valence-electron chi connectivity index (χ3n) is 3.72. The Kier molecular flexibility index (Phi) is 4.44. The van der Waals surface area contributed by atoms with Crippen LogP contribution in [-0.2, 0) is 22.7 Å². The first kappa shape index (κ1) is 16.3. The van der Waals surface area contributed by atoms with Crippen molar-refractivity contribution in [2.75, 3.05) is 0 Å². The van der Waals surface area contributed by atoms with Crippen LogP contribution in [-0.4, -0.2) is 20.5 Å². The number of aryl methyl sites for hydroxylation is 3. The number of aromatic nitrogens is 3. The van der Waals surface area contributed by atoms with Crippen molar-refractivity contribution in [1.82, 2.24) is 14.5 Å². The number of esters is 1. The largest absolute Gasteiger partial charge is 0.459 e. The molecule has 7 heteroatoms. The van der Waals surface area contributed by atoms with E-state index in [9.17, 15) is 9.59 Å². The maximum Gasteiger partial charge on any atom is 0.326 e. The molecular weight excluding hydrogens is 326 g/mol. The number of ether oxygens (including phenoxy) is 1. The van der Waals surface area contributed by atoms with E-state index in [2.05, 4.69) is 9.97 Å². The zero-order valence-electron chi connectivity index (χ0n) is 13.7. The Hall–Kier alpha value is -2.54. The molecular formula is C17H17N3O3S. The maximum atomic E-state index is 12.5. The second kappa shape index (κ2) is 6.52. The van der Waals surface area contributed by atoms with Crippen molar-refractivity contribution in [3.05, 3.63) is 56.0 Å². The number of benzene rings is 1. The Morgan fingerprint density at radius 1 is 1.29 bits per heavy atom. The van der Waals surface area contributed by atoms with Crippen LogP contribution in [0.3, 0.4) is 0 Å². The molecule has 0 aliphatic rings. The van der Waals surface area contributed by atoms with Crippen molar-refractivity contribution in [2.45, 2.75) is 33.9 Å². The molecule has 0 bridgehead atoms. The summed E-state index contributed by atoms with van der Waals surface area (Å²) >= 11 is 1.50. The molecule has 0 atom stereocenters. The van der Waals surface area contributed by atoms with Gasteiger partial charge in [0.1, 0.15) is 13.2 Å². The van der Waals surface area contributed by atoms with E-state index >= 15 is 0 Å². The van der Waals surface area contributed by atoms with E-state index in [1.165, 1.54) is 22.2 Å². The van der Waals surface area contributed by atoms with E-state index < -0.39 is 5.97 Å². The first-order valence-electron chi connectivity index (χ1n) is 7.49. The first-order valence-corrected chi connectivity index (χ1v) is 8.30. The highest BCUT2D eigenvalue weighted by molar-refractivity contribution is 7.11. The van der Waals surface area contributed by atoms with Crippen molar-refractivity contribution in [3.63, 3.8) is 0 Å². The van der Waals surface area contributed by atoms with Gasteiger partial charge in [-0.15, -0.1) is 11.3 Å². The Morgan fingerprint density at radius 2 is 2.08 bits per heavy atom. The standard InChI is InChI=1S/C17H17N3O3S/c1-10-5-4-6-13-16(10)18-9-20(17(13)22)7-15(21)23-8-14-11(2)19-12(3)24-14/h4-6,9H,7-8H2,1-3H3. The third-order valence-corrected chi connectivity index (χ3v) is 4.76. The van der Waals surface area contributed by atoms with E-state index in [4.69, 9.17) is 4.74 Å². The molecule has 0 saturated carbocycles. The molecule has 0 fully saturated rings. The van der Waals surface area contributed by atoms with Crippen molar-refractivity contribution in [2.24, 2.45) is 0 Å². The van der Waals surface area contributed by atoms with E-state index in [1.807, 2.05) is 26.8 Å². The number of carbonyl (C=O) groups excluding carboxylic acids is 1. The van der Waals surface area contributed by atoms with E-state index in [0.717, 1.165) is 21.1 Å². The number of nitrogens with zero attached hydrogens (tertiary/aromatic N) is 3. The number of carbonyl (C=O) groups is 1. The normalized spacial score (nSPS) is 11.0. The van der Waals surface area contributed by atoms with Gasteiger partial charge in [-0.25, -0.2) is 9.97 Å². The van der Waals surface area contributed by atoms with Crippen molar-refractivity contribution >= 4 is 28.2 Å². The summed E-state index contributed by atoms with van der Waals surface area (Å²) in [5.74, 6) is -0.476. The van der Waals surface area contributed by atoms with Gasteiger partial charge in [-0.05, 0) is 32.4 Å². The SMILES string of the molecule is Cc1nc(C)c(COC(=O)Cn2cnc3c(C)cccc3c2=O)s1. The molecule has 3 rings (SSSR count). The molecule has 0 saturated heterocycles. The van der Waals surface area contributed by atoms with Crippen molar-refractivity contribution in [1.29, 1.82) is 0 Å². The van der Waals surface area contributed by atoms with Crippen LogP contribution >= 0.6 is 11.3 Å². The second-order valence-electron chi connectivity index (χ2n) is 5.55. The quantitative estimate of drug-likeness (QED) is 0.681. The molecule has 24 heavy (non-hydrogen) atoms. The number of fused-ring (bicyclic) bond motifs is 1. The van der Waals surface area contributed by atoms with Gasteiger partial charge in [-0.2, -0.15) is 0 Å². The fraction of sp³-hybridized carbons (Fsp3) is 0.294. The molecule has 0 radical (unpaired) electrons. The minimum Gasteiger partial charge on any atom is -0.459 e. The zero-order chi connectivity index (χ0) is 17.3. The third kappa shape index (κ3) is 3.21. The Labute approximate surface area is 142 Å². The van der Waals surface area contributed by atoms with Gasteiger partial charge < -0.3 is 4.74 Å². The molecule has 124 valence electrons. The summed E-state index contributed by atoms with van der Waals surface area (Å²) in [7, 11) is 0. The van der Waals surface area contributed by atoms with Gasteiger partial charge in [0.2, 0.25) is 0 Å². The number of para-hydroxylation sites is 1. The highest BCUT2D eigenvalue weighted by atomic mass is 32.1. The van der Waals surface area contributed by atoms with Crippen LogP contribution < -0.4 is 5.56 Å². The molecule has 0 unspecified atom stereocenters. The second-order valence-corrected chi connectivity index (χ2v) is 6.84. The molecule has 2 heterocycles. The lowest BCUT2D eigenvalue weighted by Crippen LogP contribution is -2.25. The minimum atomic E-state index is -0.476. The van der Waals surface area contributed by atoms with Gasteiger partial charge in [0.15, 0.2) is 0 Å². The average molecular weight is 343 g/mol. The van der Waals surface area contributed by atoms with E-state index in [0.29, 0.717) is 10.9 Å².